The molecule has 0 radical (unpaired) electrons. The van der Waals surface area contributed by atoms with E-state index < -0.39 is 18.5 Å². The Labute approximate surface area is 146 Å². The second kappa shape index (κ2) is 7.30. The van der Waals surface area contributed by atoms with Gasteiger partial charge >= 0.3 is 6.55 Å². The fourth-order valence-corrected chi connectivity index (χ4v) is 2.17. The van der Waals surface area contributed by atoms with Crippen LogP contribution >= 0.6 is 0 Å². The van der Waals surface area contributed by atoms with Crippen molar-refractivity contribution in [1.29, 1.82) is 0 Å². The highest BCUT2D eigenvalue weighted by atomic mass is 19.3. The first kappa shape index (κ1) is 17.5. The van der Waals surface area contributed by atoms with E-state index in [1.54, 1.807) is 38.3 Å². The summed E-state index contributed by atoms with van der Waals surface area (Å²) in [5.74, 6) is 0.602. The van der Waals surface area contributed by atoms with Crippen LogP contribution in [0, 0.1) is 0 Å². The minimum atomic E-state index is -2.81. The van der Waals surface area contributed by atoms with Gasteiger partial charge in [0.25, 0.3) is 5.91 Å². The quantitative estimate of drug-likeness (QED) is 0.724. The summed E-state index contributed by atoms with van der Waals surface area (Å²) in [7, 11) is 1.57. The highest BCUT2D eigenvalue weighted by molar-refractivity contribution is 5.92. The average molecular weight is 363 g/mol. The lowest BCUT2D eigenvalue weighted by atomic mass is 10.2. The van der Waals surface area contributed by atoms with Gasteiger partial charge in [0, 0.05) is 11.8 Å². The average Bonchev–Trinajstić information content (AvgIpc) is 3.31. The van der Waals surface area contributed by atoms with Crippen LogP contribution in [0.5, 0.6) is 5.75 Å². The Morgan fingerprint density at radius 2 is 2.00 bits per heavy atom. The van der Waals surface area contributed by atoms with E-state index >= 15 is 0 Å². The van der Waals surface area contributed by atoms with Gasteiger partial charge in [-0.1, -0.05) is 5.16 Å². The van der Waals surface area contributed by atoms with Gasteiger partial charge in [-0.3, -0.25) is 4.79 Å². The van der Waals surface area contributed by atoms with Gasteiger partial charge in [0.05, 0.1) is 7.11 Å². The van der Waals surface area contributed by atoms with Gasteiger partial charge in [0.1, 0.15) is 17.5 Å². The zero-order valence-electron chi connectivity index (χ0n) is 13.9. The molecule has 2 aromatic heterocycles. The minimum Gasteiger partial charge on any atom is -0.497 e. The Balaban J connectivity index is 1.68. The number of benzene rings is 1. The van der Waals surface area contributed by atoms with Gasteiger partial charge in [-0.2, -0.15) is 18.9 Å². The van der Waals surface area contributed by atoms with E-state index in [1.807, 2.05) is 0 Å². The van der Waals surface area contributed by atoms with Gasteiger partial charge in [-0.15, -0.1) is 0 Å². The van der Waals surface area contributed by atoms with Crippen molar-refractivity contribution in [3.63, 3.8) is 0 Å². The lowest BCUT2D eigenvalue weighted by Crippen LogP contribution is -2.27. The van der Waals surface area contributed by atoms with E-state index in [0.29, 0.717) is 16.3 Å². The normalized spacial score (nSPS) is 12.2. The third-order valence-corrected chi connectivity index (χ3v) is 3.55. The van der Waals surface area contributed by atoms with Crippen LogP contribution in [0.4, 0.5) is 8.78 Å². The Kier molecular flexibility index (Phi) is 4.92. The molecule has 10 heteroatoms. The molecule has 1 amide bonds. The fraction of sp³-hybridized carbons (Fsp3) is 0.250. The maximum Gasteiger partial charge on any atom is 0.333 e. The number of amides is 1. The summed E-state index contributed by atoms with van der Waals surface area (Å²) in [6.45, 7) is -1.18. The number of nitrogens with one attached hydrogen (secondary N) is 1. The van der Waals surface area contributed by atoms with Gasteiger partial charge in [-0.05, 0) is 37.3 Å². The van der Waals surface area contributed by atoms with Gasteiger partial charge in [-0.25, -0.2) is 4.68 Å². The number of hydrogen-bond donors (Lipinski definition) is 1. The molecule has 0 aliphatic heterocycles. The van der Waals surface area contributed by atoms with Crippen LogP contribution < -0.4 is 10.1 Å². The number of carbonyl (C=O) groups is 1. The SMILES string of the molecule is COc1ccc(-c2noc([C@@H](C)NC(=O)c3ccn(C(F)F)n3)n2)cc1. The number of halogens is 2. The largest absolute Gasteiger partial charge is 0.497 e. The number of nitrogens with zero attached hydrogens (tertiary/aromatic N) is 4. The summed E-state index contributed by atoms with van der Waals surface area (Å²) in [4.78, 5) is 16.3. The van der Waals surface area contributed by atoms with Crippen molar-refractivity contribution in [3.05, 3.63) is 48.1 Å². The summed E-state index contributed by atoms with van der Waals surface area (Å²) in [5, 5.41) is 9.95. The van der Waals surface area contributed by atoms with E-state index in [9.17, 15) is 13.6 Å². The molecule has 0 bridgehead atoms. The standard InChI is InChI=1S/C16H15F2N5O3/c1-9(19-14(24)12-7-8-23(21-12)16(17)18)15-20-13(22-26-15)10-3-5-11(25-2)6-4-10/h3-9,16H,1-2H3,(H,19,24)/t9-/m1/s1. The summed E-state index contributed by atoms with van der Waals surface area (Å²) in [5.41, 5.74) is 0.585. The van der Waals surface area contributed by atoms with E-state index in [0.717, 1.165) is 11.8 Å². The molecule has 1 aromatic carbocycles. The molecule has 3 rings (SSSR count). The number of carbonyl (C=O) groups excluding carboxylic acids is 1. The molecular weight excluding hydrogens is 348 g/mol. The molecule has 2 heterocycles. The molecule has 8 nitrogen and oxygen atoms in total. The molecule has 0 aliphatic carbocycles. The van der Waals surface area contributed by atoms with Gasteiger partial charge in [0.15, 0.2) is 0 Å². The zero-order chi connectivity index (χ0) is 18.7. The van der Waals surface area contributed by atoms with Crippen molar-refractivity contribution in [3.8, 4) is 17.1 Å². The maximum absolute atomic E-state index is 12.5. The summed E-state index contributed by atoms with van der Waals surface area (Å²) in [6, 6.07) is 7.64. The highest BCUT2D eigenvalue weighted by Crippen LogP contribution is 2.21. The van der Waals surface area contributed by atoms with Crippen LogP contribution in [0.2, 0.25) is 0 Å². The van der Waals surface area contributed by atoms with Crippen molar-refractivity contribution in [2.45, 2.75) is 19.5 Å². The summed E-state index contributed by atoms with van der Waals surface area (Å²) >= 11 is 0. The van der Waals surface area contributed by atoms with Crippen molar-refractivity contribution in [1.82, 2.24) is 25.2 Å². The van der Waals surface area contributed by atoms with Crippen LogP contribution in [0.1, 0.15) is 35.9 Å². The molecule has 1 atom stereocenters. The molecule has 0 saturated carbocycles. The first-order valence-corrected chi connectivity index (χ1v) is 7.60. The van der Waals surface area contributed by atoms with E-state index in [-0.39, 0.29) is 11.6 Å². The number of alkyl halides is 2. The molecule has 3 aromatic rings. The molecule has 1 N–H and O–H groups in total. The van der Waals surface area contributed by atoms with Crippen LogP contribution in [0.25, 0.3) is 11.4 Å². The minimum absolute atomic E-state index is 0.132. The van der Waals surface area contributed by atoms with Crippen LogP contribution in [-0.4, -0.2) is 32.9 Å². The first-order chi connectivity index (χ1) is 12.5. The smallest absolute Gasteiger partial charge is 0.333 e. The number of rotatable bonds is 6. The third-order valence-electron chi connectivity index (χ3n) is 3.55. The topological polar surface area (TPSA) is 95.1 Å². The zero-order valence-corrected chi connectivity index (χ0v) is 13.9. The van der Waals surface area contributed by atoms with Crippen LogP contribution in [0.3, 0.4) is 0 Å². The second-order valence-electron chi connectivity index (χ2n) is 5.34. The molecule has 0 aliphatic rings. The lowest BCUT2D eigenvalue weighted by Gasteiger charge is -2.07. The Hall–Kier alpha value is -3.30. The van der Waals surface area contributed by atoms with Crippen LogP contribution in [-0.2, 0) is 0 Å². The monoisotopic (exact) mass is 363 g/mol. The second-order valence-corrected chi connectivity index (χ2v) is 5.34. The van der Waals surface area contributed by atoms with E-state index in [2.05, 4.69) is 20.6 Å². The number of methoxy groups -OCH3 is 1. The molecule has 0 spiro atoms. The molecule has 136 valence electrons. The van der Waals surface area contributed by atoms with Gasteiger partial charge in [0.2, 0.25) is 11.7 Å². The van der Waals surface area contributed by atoms with Crippen molar-refractivity contribution >= 4 is 5.91 Å². The summed E-state index contributed by atoms with van der Waals surface area (Å²) < 4.78 is 35.7. The summed E-state index contributed by atoms with van der Waals surface area (Å²) in [6.07, 6.45) is 1.03. The molecule has 0 fully saturated rings. The lowest BCUT2D eigenvalue weighted by molar-refractivity contribution is 0.0559. The predicted molar refractivity (Wildman–Crippen MR) is 85.6 cm³/mol. The fourth-order valence-electron chi connectivity index (χ4n) is 2.17. The highest BCUT2D eigenvalue weighted by Gasteiger charge is 2.20. The third kappa shape index (κ3) is 3.68. The molecule has 0 saturated heterocycles. The van der Waals surface area contributed by atoms with E-state index in [4.69, 9.17) is 9.26 Å². The first-order valence-electron chi connectivity index (χ1n) is 7.60. The Bertz CT molecular complexity index is 891. The predicted octanol–water partition coefficient (Wildman–Crippen LogP) is 2.83. The van der Waals surface area contributed by atoms with Gasteiger partial charge < -0.3 is 14.6 Å². The van der Waals surface area contributed by atoms with E-state index in [1.165, 1.54) is 6.07 Å². The van der Waals surface area contributed by atoms with Crippen molar-refractivity contribution in [2.75, 3.05) is 7.11 Å². The van der Waals surface area contributed by atoms with Crippen LogP contribution in [0.15, 0.2) is 41.1 Å². The van der Waals surface area contributed by atoms with Crippen molar-refractivity contribution < 1.29 is 22.8 Å². The Morgan fingerprint density at radius 1 is 1.27 bits per heavy atom. The maximum atomic E-state index is 12.5. The molecule has 26 heavy (non-hydrogen) atoms. The Morgan fingerprint density at radius 3 is 2.62 bits per heavy atom. The molecule has 0 unspecified atom stereocenters. The van der Waals surface area contributed by atoms with Crippen molar-refractivity contribution in [2.24, 2.45) is 0 Å². The number of ether oxygens (including phenoxy) is 1. The molecular formula is C16H15F2N5O3. The number of hydrogen-bond acceptors (Lipinski definition) is 6. The number of aromatic nitrogens is 4.